The number of ether oxygens (including phenoxy) is 1. The Balaban J connectivity index is 1.40. The monoisotopic (exact) mass is 562 g/mol. The summed E-state index contributed by atoms with van der Waals surface area (Å²) < 4.78 is 6.03. The number of rotatable bonds is 10. The minimum absolute atomic E-state index is 0.0423. The highest BCUT2D eigenvalue weighted by atomic mass is 79.9. The molecule has 3 heteroatoms. The maximum absolute atomic E-state index is 12.6. The first kappa shape index (κ1) is 28.7. The summed E-state index contributed by atoms with van der Waals surface area (Å²) in [6.45, 7) is 14.8. The van der Waals surface area contributed by atoms with Crippen molar-refractivity contribution in [2.75, 3.05) is 0 Å². The van der Waals surface area contributed by atoms with Crippen LogP contribution in [0.2, 0.25) is 0 Å². The number of fused-ring (bicyclic) bond motifs is 5. The van der Waals surface area contributed by atoms with Crippen LogP contribution >= 0.6 is 15.9 Å². The van der Waals surface area contributed by atoms with Gasteiger partial charge in [-0.05, 0) is 97.7 Å². The first-order valence-corrected chi connectivity index (χ1v) is 16.6. The Bertz CT molecular complexity index is 789. The van der Waals surface area contributed by atoms with Gasteiger partial charge in [-0.15, -0.1) is 0 Å². The van der Waals surface area contributed by atoms with Crippen LogP contribution in [0.15, 0.2) is 11.6 Å². The van der Waals surface area contributed by atoms with E-state index in [4.69, 9.17) is 4.74 Å². The first-order valence-electron chi connectivity index (χ1n) is 15.6. The molecule has 1 unspecified atom stereocenters. The average molecular weight is 564 g/mol. The standard InChI is InChI=1S/C33H55BrO2/c1-7-8-12-30(34)31(35)36-25-17-19-32(5)24(21-25)13-14-26-28-16-15-27(23(4)11-9-10-22(2)3)33(28,6)20-18-29(26)32/h13,22-23,25-30H,7-12,14-21H2,1-6H3/t23-,25+,26+,27-,28+,29+,30?,32+,33-/m1/s1. The molecule has 0 radical (unpaired) electrons. The maximum Gasteiger partial charge on any atom is 0.320 e. The van der Waals surface area contributed by atoms with Gasteiger partial charge in [-0.2, -0.15) is 0 Å². The van der Waals surface area contributed by atoms with Gasteiger partial charge in [0, 0.05) is 6.42 Å². The van der Waals surface area contributed by atoms with Gasteiger partial charge < -0.3 is 4.74 Å². The number of carbonyl (C=O) groups excluding carboxylic acids is 1. The number of unbranched alkanes of at least 4 members (excludes halogenated alkanes) is 1. The van der Waals surface area contributed by atoms with Gasteiger partial charge in [-0.25, -0.2) is 0 Å². The fourth-order valence-electron chi connectivity index (χ4n) is 9.49. The summed E-state index contributed by atoms with van der Waals surface area (Å²) in [7, 11) is 0. The lowest BCUT2D eigenvalue weighted by Crippen LogP contribution is -2.51. The zero-order valence-corrected chi connectivity index (χ0v) is 25.9. The summed E-state index contributed by atoms with van der Waals surface area (Å²) >= 11 is 3.57. The number of carbonyl (C=O) groups is 1. The van der Waals surface area contributed by atoms with Crippen LogP contribution in [0.5, 0.6) is 0 Å². The van der Waals surface area contributed by atoms with Crippen molar-refractivity contribution >= 4 is 21.9 Å². The molecule has 4 aliphatic rings. The minimum atomic E-state index is -0.144. The van der Waals surface area contributed by atoms with Gasteiger partial charge >= 0.3 is 5.97 Å². The van der Waals surface area contributed by atoms with Gasteiger partial charge in [-0.3, -0.25) is 4.79 Å². The van der Waals surface area contributed by atoms with E-state index < -0.39 is 0 Å². The van der Waals surface area contributed by atoms with Crippen molar-refractivity contribution in [3.63, 3.8) is 0 Å². The van der Waals surface area contributed by atoms with Crippen LogP contribution in [0.25, 0.3) is 0 Å². The number of halogens is 1. The maximum atomic E-state index is 12.6. The van der Waals surface area contributed by atoms with Crippen LogP contribution in [0.1, 0.15) is 131 Å². The molecule has 9 atom stereocenters. The SMILES string of the molecule is CCCCC(Br)C(=O)O[C@H]1CC[C@@]2(C)C(=CC[C@H]3[C@@H]4CC[C@H]([C@H](C)CCCC(C)C)[C@@]4(C)CC[C@@H]32)C1. The number of esters is 1. The molecule has 36 heavy (non-hydrogen) atoms. The van der Waals surface area contributed by atoms with Crippen LogP contribution in [0, 0.1) is 46.3 Å². The number of hydrogen-bond donors (Lipinski definition) is 0. The molecular formula is C33H55BrO2. The molecule has 0 amide bonds. The molecule has 2 nitrogen and oxygen atoms in total. The highest BCUT2D eigenvalue weighted by molar-refractivity contribution is 9.10. The van der Waals surface area contributed by atoms with Gasteiger partial charge in [0.25, 0.3) is 0 Å². The van der Waals surface area contributed by atoms with E-state index in [1.54, 1.807) is 5.57 Å². The molecule has 0 spiro atoms. The Labute approximate surface area is 231 Å². The predicted molar refractivity (Wildman–Crippen MR) is 155 cm³/mol. The van der Waals surface area contributed by atoms with E-state index in [9.17, 15) is 4.79 Å². The summed E-state index contributed by atoms with van der Waals surface area (Å²) in [6, 6.07) is 0. The summed E-state index contributed by atoms with van der Waals surface area (Å²) in [6.07, 6.45) is 20.2. The van der Waals surface area contributed by atoms with Crippen LogP contribution in [-0.4, -0.2) is 16.9 Å². The Morgan fingerprint density at radius 2 is 1.81 bits per heavy atom. The van der Waals surface area contributed by atoms with Crippen LogP contribution < -0.4 is 0 Å². The average Bonchev–Trinajstić information content (AvgIpc) is 3.19. The Kier molecular flexibility index (Phi) is 9.43. The third-order valence-corrected chi connectivity index (χ3v) is 12.4. The van der Waals surface area contributed by atoms with E-state index >= 15 is 0 Å². The fourth-order valence-corrected chi connectivity index (χ4v) is 9.92. The first-order chi connectivity index (χ1) is 17.1. The quantitative estimate of drug-likeness (QED) is 0.150. The molecule has 3 fully saturated rings. The second-order valence-corrected chi connectivity index (χ2v) is 15.3. The number of hydrogen-bond acceptors (Lipinski definition) is 2. The summed E-state index contributed by atoms with van der Waals surface area (Å²) in [5, 5.41) is 0. The summed E-state index contributed by atoms with van der Waals surface area (Å²) in [5.41, 5.74) is 2.49. The van der Waals surface area contributed by atoms with Gasteiger partial charge in [0.1, 0.15) is 10.9 Å². The van der Waals surface area contributed by atoms with Gasteiger partial charge in [0.2, 0.25) is 0 Å². The van der Waals surface area contributed by atoms with Gasteiger partial charge in [-0.1, -0.05) is 101 Å². The number of allylic oxidation sites excluding steroid dienone is 1. The molecule has 0 saturated heterocycles. The van der Waals surface area contributed by atoms with Crippen LogP contribution in [-0.2, 0) is 9.53 Å². The van der Waals surface area contributed by atoms with E-state index in [1.165, 1.54) is 57.8 Å². The molecule has 206 valence electrons. The molecule has 0 aromatic heterocycles. The smallest absolute Gasteiger partial charge is 0.320 e. The van der Waals surface area contributed by atoms with Gasteiger partial charge in [0.05, 0.1) is 0 Å². The largest absolute Gasteiger partial charge is 0.461 e. The van der Waals surface area contributed by atoms with E-state index in [0.717, 1.165) is 67.6 Å². The molecule has 4 aliphatic carbocycles. The Morgan fingerprint density at radius 3 is 2.53 bits per heavy atom. The van der Waals surface area contributed by atoms with Crippen molar-refractivity contribution < 1.29 is 9.53 Å². The predicted octanol–water partition coefficient (Wildman–Crippen LogP) is 9.89. The van der Waals surface area contributed by atoms with Crippen molar-refractivity contribution in [3.05, 3.63) is 11.6 Å². The molecule has 0 aromatic carbocycles. The zero-order chi connectivity index (χ0) is 26.1. The highest BCUT2D eigenvalue weighted by Crippen LogP contribution is 2.67. The normalized spacial score (nSPS) is 39.6. The summed E-state index contributed by atoms with van der Waals surface area (Å²) in [5.74, 6) is 5.20. The van der Waals surface area contributed by atoms with Crippen molar-refractivity contribution in [2.24, 2.45) is 46.3 Å². The molecule has 0 bridgehead atoms. The minimum Gasteiger partial charge on any atom is -0.461 e. The third kappa shape index (κ3) is 5.67. The lowest BCUT2D eigenvalue weighted by molar-refractivity contribution is -0.150. The van der Waals surface area contributed by atoms with Crippen molar-refractivity contribution in [2.45, 2.75) is 142 Å². The molecule has 0 N–H and O–H groups in total. The number of alkyl halides is 1. The van der Waals surface area contributed by atoms with Crippen LogP contribution in [0.4, 0.5) is 0 Å². The van der Waals surface area contributed by atoms with E-state index in [0.29, 0.717) is 10.8 Å². The molecule has 4 rings (SSSR count). The van der Waals surface area contributed by atoms with E-state index in [1.807, 2.05) is 0 Å². The molecular weight excluding hydrogens is 508 g/mol. The van der Waals surface area contributed by atoms with E-state index in [2.05, 4.69) is 63.5 Å². The lowest BCUT2D eigenvalue weighted by Gasteiger charge is -2.58. The van der Waals surface area contributed by atoms with E-state index in [-0.39, 0.29) is 16.9 Å². The van der Waals surface area contributed by atoms with Crippen molar-refractivity contribution in [1.82, 2.24) is 0 Å². The van der Waals surface area contributed by atoms with Gasteiger partial charge in [0.15, 0.2) is 0 Å². The highest BCUT2D eigenvalue weighted by Gasteiger charge is 2.59. The fraction of sp³-hybridized carbons (Fsp3) is 0.909. The van der Waals surface area contributed by atoms with Crippen molar-refractivity contribution in [1.29, 1.82) is 0 Å². The zero-order valence-electron chi connectivity index (χ0n) is 24.3. The third-order valence-electron chi connectivity index (χ3n) is 11.6. The topological polar surface area (TPSA) is 26.3 Å². The molecule has 0 aliphatic heterocycles. The molecule has 3 saturated carbocycles. The molecule has 0 heterocycles. The Morgan fingerprint density at radius 1 is 1.03 bits per heavy atom. The second kappa shape index (κ2) is 11.8. The van der Waals surface area contributed by atoms with Crippen LogP contribution in [0.3, 0.4) is 0 Å². The molecule has 0 aromatic rings. The van der Waals surface area contributed by atoms with Crippen molar-refractivity contribution in [3.8, 4) is 0 Å². The Hall–Kier alpha value is -0.310. The second-order valence-electron chi connectivity index (χ2n) is 14.2. The lowest BCUT2D eigenvalue weighted by atomic mass is 9.47. The summed E-state index contributed by atoms with van der Waals surface area (Å²) in [4.78, 5) is 12.5.